The molecule has 1 aliphatic heterocycles. The summed E-state index contributed by atoms with van der Waals surface area (Å²) in [7, 11) is 0. The molecule has 0 bridgehead atoms. The molecule has 0 N–H and O–H groups in total. The maximum absolute atomic E-state index is 14.5. The van der Waals surface area contributed by atoms with Crippen molar-refractivity contribution in [1.29, 1.82) is 0 Å². The molecule has 26 heavy (non-hydrogen) atoms. The van der Waals surface area contributed by atoms with Crippen molar-refractivity contribution in [3.8, 4) is 0 Å². The Morgan fingerprint density at radius 2 is 1.88 bits per heavy atom. The van der Waals surface area contributed by atoms with Crippen LogP contribution < -0.4 is 4.90 Å². The van der Waals surface area contributed by atoms with Gasteiger partial charge in [0.25, 0.3) is 0 Å². The number of halogens is 2. The van der Waals surface area contributed by atoms with Gasteiger partial charge in [-0.05, 0) is 48.5 Å². The number of carbonyl (C=O) groups excluding carboxylic acids is 1. The van der Waals surface area contributed by atoms with Gasteiger partial charge in [-0.1, -0.05) is 36.7 Å². The van der Waals surface area contributed by atoms with Crippen LogP contribution in [0.2, 0.25) is 5.02 Å². The van der Waals surface area contributed by atoms with Crippen molar-refractivity contribution in [1.82, 2.24) is 4.90 Å². The summed E-state index contributed by atoms with van der Waals surface area (Å²) in [6.07, 6.45) is 3.08. The summed E-state index contributed by atoms with van der Waals surface area (Å²) in [5.74, 6) is -0.599. The average Bonchev–Trinajstić information content (AvgIpc) is 2.67. The fraction of sp³-hybridized carbons (Fsp3) is 0.286. The molecule has 0 radical (unpaired) electrons. The predicted molar refractivity (Wildman–Crippen MR) is 106 cm³/mol. The zero-order chi connectivity index (χ0) is 18.5. The van der Waals surface area contributed by atoms with Crippen LogP contribution in [0.5, 0.6) is 0 Å². The summed E-state index contributed by atoms with van der Waals surface area (Å²) in [4.78, 5) is 16.7. The number of likely N-dealkylation sites (N-methyl/N-ethyl adjacent to an activating group) is 1. The molecule has 0 atom stereocenters. The summed E-state index contributed by atoms with van der Waals surface area (Å²) in [6.45, 7) is 6.59. The molecular formula is C21H22ClFN2O. The minimum absolute atomic E-state index is 0.244. The van der Waals surface area contributed by atoms with E-state index in [1.54, 1.807) is 24.3 Å². The number of carbonyl (C=O) groups is 1. The van der Waals surface area contributed by atoms with Crippen molar-refractivity contribution in [2.24, 2.45) is 0 Å². The maximum Gasteiger partial charge on any atom is 0.185 e. The molecule has 0 saturated carbocycles. The normalized spacial score (nSPS) is 15.6. The topological polar surface area (TPSA) is 23.6 Å². The van der Waals surface area contributed by atoms with E-state index < -0.39 is 0 Å². The van der Waals surface area contributed by atoms with Crippen LogP contribution in [0.15, 0.2) is 48.5 Å². The lowest BCUT2D eigenvalue weighted by molar-refractivity contribution is 0.104. The standard InChI is InChI=1S/C21H22ClFN2O/c1-2-24-11-13-25(14-12-24)20-9-7-17(15-19(20)23)21(26)10-8-16-5-3-4-6-18(16)22/h3-10,15H,2,11-14H2,1H3. The van der Waals surface area contributed by atoms with Gasteiger partial charge in [0, 0.05) is 36.8 Å². The van der Waals surface area contributed by atoms with Crippen molar-refractivity contribution >= 4 is 29.1 Å². The van der Waals surface area contributed by atoms with E-state index in [9.17, 15) is 9.18 Å². The molecule has 2 aromatic carbocycles. The summed E-state index contributed by atoms with van der Waals surface area (Å²) >= 11 is 6.07. The Hall–Kier alpha value is -2.17. The van der Waals surface area contributed by atoms with Gasteiger partial charge in [0.1, 0.15) is 5.82 Å². The second kappa shape index (κ2) is 8.47. The Bertz CT molecular complexity index is 813. The third-order valence-corrected chi connectivity index (χ3v) is 5.06. The van der Waals surface area contributed by atoms with E-state index in [0.29, 0.717) is 16.3 Å². The van der Waals surface area contributed by atoms with Crippen LogP contribution in [0, 0.1) is 5.82 Å². The van der Waals surface area contributed by atoms with E-state index in [4.69, 9.17) is 11.6 Å². The van der Waals surface area contributed by atoms with Gasteiger partial charge in [-0.25, -0.2) is 4.39 Å². The highest BCUT2D eigenvalue weighted by Crippen LogP contribution is 2.23. The molecular weight excluding hydrogens is 351 g/mol. The first-order valence-corrected chi connectivity index (χ1v) is 9.20. The number of piperazine rings is 1. The van der Waals surface area contributed by atoms with Gasteiger partial charge in [-0.2, -0.15) is 0 Å². The zero-order valence-electron chi connectivity index (χ0n) is 14.8. The van der Waals surface area contributed by atoms with Crippen LogP contribution >= 0.6 is 11.6 Å². The predicted octanol–water partition coefficient (Wildman–Crippen LogP) is 4.52. The Balaban J connectivity index is 1.71. The van der Waals surface area contributed by atoms with E-state index in [0.717, 1.165) is 38.3 Å². The first-order chi connectivity index (χ1) is 12.6. The molecule has 0 unspecified atom stereocenters. The van der Waals surface area contributed by atoms with Crippen LogP contribution in [0.4, 0.5) is 10.1 Å². The van der Waals surface area contributed by atoms with E-state index >= 15 is 0 Å². The largest absolute Gasteiger partial charge is 0.367 e. The number of hydrogen-bond donors (Lipinski definition) is 0. The lowest BCUT2D eigenvalue weighted by atomic mass is 10.1. The Morgan fingerprint density at radius 1 is 1.15 bits per heavy atom. The molecule has 3 nitrogen and oxygen atoms in total. The lowest BCUT2D eigenvalue weighted by Crippen LogP contribution is -2.46. The second-order valence-corrected chi connectivity index (χ2v) is 6.71. The van der Waals surface area contributed by atoms with Gasteiger partial charge in [-0.15, -0.1) is 0 Å². The maximum atomic E-state index is 14.5. The number of benzene rings is 2. The summed E-state index contributed by atoms with van der Waals surface area (Å²) in [5.41, 5.74) is 1.66. The van der Waals surface area contributed by atoms with E-state index in [-0.39, 0.29) is 11.6 Å². The SMILES string of the molecule is CCN1CCN(c2ccc(C(=O)C=Cc3ccccc3Cl)cc2F)CC1. The van der Waals surface area contributed by atoms with Gasteiger partial charge >= 0.3 is 0 Å². The highest BCUT2D eigenvalue weighted by atomic mass is 35.5. The molecule has 0 aromatic heterocycles. The van der Waals surface area contributed by atoms with Crippen molar-refractivity contribution in [2.45, 2.75) is 6.92 Å². The minimum Gasteiger partial charge on any atom is -0.367 e. The monoisotopic (exact) mass is 372 g/mol. The second-order valence-electron chi connectivity index (χ2n) is 6.31. The number of nitrogens with zero attached hydrogens (tertiary/aromatic N) is 2. The van der Waals surface area contributed by atoms with Crippen LogP contribution in [-0.4, -0.2) is 43.4 Å². The van der Waals surface area contributed by atoms with Crippen LogP contribution in [0.25, 0.3) is 6.08 Å². The molecule has 0 aliphatic carbocycles. The third kappa shape index (κ3) is 4.32. The minimum atomic E-state index is -0.355. The quantitative estimate of drug-likeness (QED) is 0.569. The number of allylic oxidation sites excluding steroid dienone is 1. The summed E-state index contributed by atoms with van der Waals surface area (Å²) in [5, 5.41) is 0.573. The fourth-order valence-electron chi connectivity index (χ4n) is 3.09. The van der Waals surface area contributed by atoms with Gasteiger partial charge in [0.05, 0.1) is 5.69 Å². The summed E-state index contributed by atoms with van der Waals surface area (Å²) in [6, 6.07) is 12.0. The number of ketones is 1. The highest BCUT2D eigenvalue weighted by molar-refractivity contribution is 6.32. The van der Waals surface area contributed by atoms with Gasteiger partial charge in [0.2, 0.25) is 0 Å². The third-order valence-electron chi connectivity index (χ3n) is 4.71. The molecule has 5 heteroatoms. The average molecular weight is 373 g/mol. The van der Waals surface area contributed by atoms with E-state index in [1.165, 1.54) is 12.1 Å². The van der Waals surface area contributed by atoms with Crippen molar-refractivity contribution in [2.75, 3.05) is 37.6 Å². The molecule has 136 valence electrons. The van der Waals surface area contributed by atoms with E-state index in [1.807, 2.05) is 23.1 Å². The molecule has 1 saturated heterocycles. The molecule has 1 fully saturated rings. The van der Waals surface area contributed by atoms with Gasteiger partial charge in [-0.3, -0.25) is 4.79 Å². The molecule has 3 rings (SSSR count). The molecule has 1 heterocycles. The molecule has 0 spiro atoms. The van der Waals surface area contributed by atoms with Crippen molar-refractivity contribution in [3.63, 3.8) is 0 Å². The van der Waals surface area contributed by atoms with Gasteiger partial charge in [0.15, 0.2) is 5.78 Å². The molecule has 2 aromatic rings. The van der Waals surface area contributed by atoms with E-state index in [2.05, 4.69) is 11.8 Å². The zero-order valence-corrected chi connectivity index (χ0v) is 15.5. The lowest BCUT2D eigenvalue weighted by Gasteiger charge is -2.35. The first-order valence-electron chi connectivity index (χ1n) is 8.82. The molecule has 1 aliphatic rings. The number of anilines is 1. The van der Waals surface area contributed by atoms with Gasteiger partial charge < -0.3 is 9.80 Å². The number of rotatable bonds is 5. The Labute approximate surface area is 158 Å². The van der Waals surface area contributed by atoms with Crippen LogP contribution in [0.1, 0.15) is 22.8 Å². The van der Waals surface area contributed by atoms with Crippen molar-refractivity contribution in [3.05, 3.63) is 70.5 Å². The highest BCUT2D eigenvalue weighted by Gasteiger charge is 2.19. The smallest absolute Gasteiger partial charge is 0.185 e. The van der Waals surface area contributed by atoms with Crippen LogP contribution in [-0.2, 0) is 0 Å². The molecule has 0 amide bonds. The van der Waals surface area contributed by atoms with Crippen molar-refractivity contribution < 1.29 is 9.18 Å². The Kier molecular flexibility index (Phi) is 6.07. The fourth-order valence-corrected chi connectivity index (χ4v) is 3.29. The van der Waals surface area contributed by atoms with Crippen LogP contribution in [0.3, 0.4) is 0 Å². The number of hydrogen-bond acceptors (Lipinski definition) is 3. The first kappa shape index (κ1) is 18.6. The summed E-state index contributed by atoms with van der Waals surface area (Å²) < 4.78 is 14.5. The Morgan fingerprint density at radius 3 is 2.54 bits per heavy atom.